The molecule has 9 heteroatoms. The Balaban J connectivity index is 1.55. The summed E-state index contributed by atoms with van der Waals surface area (Å²) in [5, 5.41) is 0. The van der Waals surface area contributed by atoms with Gasteiger partial charge in [-0.3, -0.25) is 0 Å². The van der Waals surface area contributed by atoms with Crippen molar-refractivity contribution in [2.24, 2.45) is 0 Å². The van der Waals surface area contributed by atoms with E-state index in [9.17, 15) is 4.79 Å². The molecule has 0 unspecified atom stereocenters. The van der Waals surface area contributed by atoms with Crippen molar-refractivity contribution in [3.05, 3.63) is 24.1 Å². The highest BCUT2D eigenvalue weighted by atomic mass is 19.1. The minimum Gasteiger partial charge on any atom is -0.443 e. The molecule has 1 aromatic heterocycles. The smallest absolute Gasteiger partial charge is 0.443 e. The minimum absolute atomic E-state index is 0.0178. The minimum atomic E-state index is -1.88. The van der Waals surface area contributed by atoms with Gasteiger partial charge in [-0.1, -0.05) is 13.0 Å². The van der Waals surface area contributed by atoms with Gasteiger partial charge in [-0.05, 0) is 78.4 Å². The number of amides is 1. The number of alkyl halides is 1. The van der Waals surface area contributed by atoms with Crippen LogP contribution in [0.2, 0.25) is 0 Å². The van der Waals surface area contributed by atoms with Crippen LogP contribution >= 0.6 is 0 Å². The molecular formula is C24H34BFN2O5. The van der Waals surface area contributed by atoms with Crippen molar-refractivity contribution in [2.45, 2.75) is 90.2 Å². The Kier molecular flexibility index (Phi) is 5.81. The van der Waals surface area contributed by atoms with Gasteiger partial charge in [0.1, 0.15) is 11.1 Å². The van der Waals surface area contributed by atoms with E-state index in [2.05, 4.69) is 4.98 Å². The average molecular weight is 460 g/mol. The molecule has 0 radical (unpaired) electrons. The Bertz CT molecular complexity index is 1040. The van der Waals surface area contributed by atoms with Gasteiger partial charge in [0.2, 0.25) is 11.6 Å². The normalized spacial score (nSPS) is 25.0. The molecule has 1 amide bonds. The molecule has 2 aliphatic rings. The molecular weight excluding hydrogens is 426 g/mol. The van der Waals surface area contributed by atoms with Gasteiger partial charge in [-0.15, -0.1) is 0 Å². The van der Waals surface area contributed by atoms with Crippen LogP contribution in [-0.2, 0) is 19.7 Å². The predicted octanol–water partition coefficient (Wildman–Crippen LogP) is 4.71. The molecule has 1 aromatic carbocycles. The highest BCUT2D eigenvalue weighted by molar-refractivity contribution is 6.62. The summed E-state index contributed by atoms with van der Waals surface area (Å²) < 4.78 is 39.6. The number of likely N-dealkylation sites (tertiary alicyclic amines) is 1. The number of rotatable bonds is 4. The van der Waals surface area contributed by atoms with Gasteiger partial charge < -0.3 is 23.4 Å². The van der Waals surface area contributed by atoms with Crippen LogP contribution in [0.4, 0.5) is 9.18 Å². The summed E-state index contributed by atoms with van der Waals surface area (Å²) >= 11 is 0. The molecule has 0 bridgehead atoms. The molecule has 2 fully saturated rings. The first-order valence-electron chi connectivity index (χ1n) is 11.7. The SMILES string of the molecule is CCC(C)(C)OC(=O)N1CCC[C@](F)(c2nc3cc(B4OC(C)(C)C(C)(C)O4)ccc3o2)C1. The molecule has 180 valence electrons. The molecule has 7 nitrogen and oxygen atoms in total. The molecule has 2 aromatic rings. The first-order valence-corrected chi connectivity index (χ1v) is 11.7. The third kappa shape index (κ3) is 4.49. The van der Waals surface area contributed by atoms with Crippen LogP contribution < -0.4 is 5.46 Å². The molecule has 33 heavy (non-hydrogen) atoms. The highest BCUT2D eigenvalue weighted by Gasteiger charge is 2.52. The Morgan fingerprint density at radius 1 is 1.24 bits per heavy atom. The lowest BCUT2D eigenvalue weighted by Crippen LogP contribution is -2.48. The summed E-state index contributed by atoms with van der Waals surface area (Å²) in [6.07, 6.45) is 0.882. The molecule has 3 heterocycles. The van der Waals surface area contributed by atoms with Crippen LogP contribution in [0.5, 0.6) is 0 Å². The topological polar surface area (TPSA) is 74.0 Å². The van der Waals surface area contributed by atoms with Crippen molar-refractivity contribution in [1.29, 1.82) is 0 Å². The van der Waals surface area contributed by atoms with E-state index in [0.29, 0.717) is 30.5 Å². The van der Waals surface area contributed by atoms with Crippen molar-refractivity contribution < 1.29 is 27.6 Å². The van der Waals surface area contributed by atoms with Gasteiger partial charge in [0.05, 0.1) is 17.7 Å². The van der Waals surface area contributed by atoms with Gasteiger partial charge in [-0.2, -0.15) is 0 Å². The van der Waals surface area contributed by atoms with Crippen LogP contribution in [0, 0.1) is 0 Å². The Morgan fingerprint density at radius 2 is 1.91 bits per heavy atom. The highest BCUT2D eigenvalue weighted by Crippen LogP contribution is 2.38. The van der Waals surface area contributed by atoms with E-state index in [-0.39, 0.29) is 18.9 Å². The number of oxazole rings is 1. The Hall–Kier alpha value is -2.13. The zero-order valence-corrected chi connectivity index (χ0v) is 20.7. The number of halogens is 1. The Labute approximate surface area is 195 Å². The predicted molar refractivity (Wildman–Crippen MR) is 124 cm³/mol. The molecule has 4 rings (SSSR count). The van der Waals surface area contributed by atoms with E-state index in [1.165, 1.54) is 4.90 Å². The van der Waals surface area contributed by atoms with Crippen molar-refractivity contribution in [3.63, 3.8) is 0 Å². The molecule has 2 aliphatic heterocycles. The van der Waals surface area contributed by atoms with E-state index in [4.69, 9.17) is 18.5 Å². The van der Waals surface area contributed by atoms with Crippen molar-refractivity contribution in [2.75, 3.05) is 13.1 Å². The zero-order chi connectivity index (χ0) is 24.2. The number of piperidine rings is 1. The number of fused-ring (bicyclic) bond motifs is 1. The van der Waals surface area contributed by atoms with E-state index in [1.54, 1.807) is 6.07 Å². The molecule has 0 aliphatic carbocycles. The van der Waals surface area contributed by atoms with Gasteiger partial charge in [0.25, 0.3) is 0 Å². The summed E-state index contributed by atoms with van der Waals surface area (Å²) in [5.41, 5.74) is -1.60. The summed E-state index contributed by atoms with van der Waals surface area (Å²) in [6, 6.07) is 5.42. The number of carbonyl (C=O) groups excluding carboxylic acids is 1. The van der Waals surface area contributed by atoms with E-state index < -0.39 is 35.7 Å². The molecule has 0 saturated carbocycles. The maximum Gasteiger partial charge on any atom is 0.494 e. The lowest BCUT2D eigenvalue weighted by Gasteiger charge is -2.36. The van der Waals surface area contributed by atoms with E-state index in [1.807, 2.05) is 60.6 Å². The van der Waals surface area contributed by atoms with Crippen LogP contribution in [0.1, 0.15) is 73.6 Å². The number of hydrogen-bond acceptors (Lipinski definition) is 6. The molecule has 2 saturated heterocycles. The summed E-state index contributed by atoms with van der Waals surface area (Å²) in [6.45, 7) is 13.9. The number of benzene rings is 1. The fourth-order valence-corrected chi connectivity index (χ4v) is 3.98. The van der Waals surface area contributed by atoms with Crippen molar-refractivity contribution in [3.8, 4) is 0 Å². The number of carbonyl (C=O) groups is 1. The quantitative estimate of drug-likeness (QED) is 0.616. The lowest BCUT2D eigenvalue weighted by molar-refractivity contribution is -0.0211. The van der Waals surface area contributed by atoms with Gasteiger partial charge in [-0.25, -0.2) is 14.2 Å². The van der Waals surface area contributed by atoms with Crippen molar-refractivity contribution >= 4 is 29.8 Å². The van der Waals surface area contributed by atoms with Gasteiger partial charge in [0.15, 0.2) is 5.58 Å². The largest absolute Gasteiger partial charge is 0.494 e. The monoisotopic (exact) mass is 460 g/mol. The second kappa shape index (κ2) is 7.98. The number of ether oxygens (including phenoxy) is 1. The van der Waals surface area contributed by atoms with Crippen LogP contribution in [0.25, 0.3) is 11.1 Å². The standard InChI is InChI=1S/C24H34BFN2O5/c1-8-21(2,3)31-20(29)28-13-9-12-24(26,15-28)19-27-17-14-16(10-11-18(17)30-19)25-32-22(4,5)23(6,7)33-25/h10-11,14H,8-9,12-13,15H2,1-7H3/t24-/m1/s1. The number of hydrogen-bond donors (Lipinski definition) is 0. The van der Waals surface area contributed by atoms with Crippen LogP contribution in [0.15, 0.2) is 22.6 Å². The molecule has 0 spiro atoms. The lowest BCUT2D eigenvalue weighted by atomic mass is 9.79. The first kappa shape index (κ1) is 24.0. The van der Waals surface area contributed by atoms with Gasteiger partial charge >= 0.3 is 13.2 Å². The summed E-state index contributed by atoms with van der Waals surface area (Å²) in [7, 11) is -0.541. The summed E-state index contributed by atoms with van der Waals surface area (Å²) in [4.78, 5) is 18.5. The van der Waals surface area contributed by atoms with E-state index in [0.717, 1.165) is 5.46 Å². The first-order chi connectivity index (χ1) is 15.3. The van der Waals surface area contributed by atoms with Gasteiger partial charge in [0, 0.05) is 6.54 Å². The van der Waals surface area contributed by atoms with Crippen LogP contribution in [0.3, 0.4) is 0 Å². The average Bonchev–Trinajstić information content (AvgIpc) is 3.25. The third-order valence-electron chi connectivity index (χ3n) is 7.24. The fourth-order valence-electron chi connectivity index (χ4n) is 3.98. The second-order valence-corrected chi connectivity index (χ2v) is 10.8. The number of nitrogens with zero attached hydrogens (tertiary/aromatic N) is 2. The third-order valence-corrected chi connectivity index (χ3v) is 7.24. The number of aromatic nitrogens is 1. The second-order valence-electron chi connectivity index (χ2n) is 10.8. The van der Waals surface area contributed by atoms with E-state index >= 15 is 4.39 Å². The zero-order valence-electron chi connectivity index (χ0n) is 20.7. The summed E-state index contributed by atoms with van der Waals surface area (Å²) in [5.74, 6) is -0.0178. The maximum absolute atomic E-state index is 16.0. The molecule has 0 N–H and O–H groups in total. The fraction of sp³-hybridized carbons (Fsp3) is 0.667. The van der Waals surface area contributed by atoms with Crippen molar-refractivity contribution in [1.82, 2.24) is 9.88 Å². The Morgan fingerprint density at radius 3 is 2.55 bits per heavy atom. The molecule has 1 atom stereocenters. The van der Waals surface area contributed by atoms with Crippen LogP contribution in [-0.4, -0.2) is 53.0 Å². The maximum atomic E-state index is 16.0.